The minimum atomic E-state index is -1.10. The van der Waals surface area contributed by atoms with Crippen LogP contribution >= 0.6 is 0 Å². The first kappa shape index (κ1) is 8.55. The van der Waals surface area contributed by atoms with Crippen molar-refractivity contribution < 1.29 is 15.0 Å². The van der Waals surface area contributed by atoms with Gasteiger partial charge in [0.1, 0.15) is 16.8 Å². The Bertz CT molecular complexity index is 516. The van der Waals surface area contributed by atoms with Crippen molar-refractivity contribution in [1.29, 1.82) is 0 Å². The average Bonchev–Trinajstić information content (AvgIpc) is 2.56. The van der Waals surface area contributed by atoms with Gasteiger partial charge in [-0.15, -0.1) is 0 Å². The second-order valence-electron chi connectivity index (χ2n) is 2.98. The number of nitrogens with zero attached hydrogens (tertiary/aromatic N) is 2. The lowest BCUT2D eigenvalue weighted by atomic mass is 10.2. The van der Waals surface area contributed by atoms with Gasteiger partial charge in [0.25, 0.3) is 0 Å². The van der Waals surface area contributed by atoms with Gasteiger partial charge in [-0.25, -0.2) is 9.31 Å². The largest absolute Gasteiger partial charge is 0.506 e. The van der Waals surface area contributed by atoms with E-state index in [1.165, 1.54) is 16.8 Å². The Labute approximate surface area is 79.2 Å². The minimum Gasteiger partial charge on any atom is -0.506 e. The predicted molar refractivity (Wildman–Crippen MR) is 48.6 cm³/mol. The van der Waals surface area contributed by atoms with Crippen LogP contribution in [0.25, 0.3) is 5.52 Å². The molecule has 72 valence electrons. The first-order chi connectivity index (χ1) is 6.61. The van der Waals surface area contributed by atoms with E-state index in [4.69, 9.17) is 5.11 Å². The Kier molecular flexibility index (Phi) is 1.67. The van der Waals surface area contributed by atoms with E-state index in [1.807, 2.05) is 0 Å². The van der Waals surface area contributed by atoms with Crippen molar-refractivity contribution in [1.82, 2.24) is 9.61 Å². The van der Waals surface area contributed by atoms with E-state index in [-0.39, 0.29) is 16.8 Å². The van der Waals surface area contributed by atoms with Crippen LogP contribution in [-0.2, 0) is 0 Å². The number of pyridine rings is 1. The number of aryl methyl sites for hydroxylation is 1. The number of aromatic carboxylic acids is 1. The molecule has 2 rings (SSSR count). The van der Waals surface area contributed by atoms with Gasteiger partial charge < -0.3 is 10.2 Å². The predicted octanol–water partition coefficient (Wildman–Crippen LogP) is 1.05. The summed E-state index contributed by atoms with van der Waals surface area (Å²) in [6, 6.07) is 3.12. The van der Waals surface area contributed by atoms with Gasteiger partial charge in [0, 0.05) is 5.69 Å². The van der Waals surface area contributed by atoms with Crippen LogP contribution in [-0.4, -0.2) is 25.8 Å². The van der Waals surface area contributed by atoms with E-state index in [1.54, 1.807) is 13.0 Å². The normalized spacial score (nSPS) is 10.6. The Morgan fingerprint density at radius 1 is 1.50 bits per heavy atom. The van der Waals surface area contributed by atoms with Gasteiger partial charge in [-0.1, -0.05) is 0 Å². The second kappa shape index (κ2) is 2.73. The lowest BCUT2D eigenvalue weighted by molar-refractivity contribution is 0.0698. The summed E-state index contributed by atoms with van der Waals surface area (Å²) in [5, 5.41) is 22.2. The van der Waals surface area contributed by atoms with Crippen LogP contribution in [0.1, 0.15) is 16.1 Å². The molecule has 0 aliphatic heterocycles. The number of hydrogen-bond donors (Lipinski definition) is 2. The second-order valence-corrected chi connectivity index (χ2v) is 2.98. The Hall–Kier alpha value is -2.04. The van der Waals surface area contributed by atoms with E-state index in [0.29, 0.717) is 0 Å². The molecule has 0 saturated heterocycles. The van der Waals surface area contributed by atoms with Gasteiger partial charge >= 0.3 is 5.97 Å². The third-order valence-corrected chi connectivity index (χ3v) is 2.06. The molecule has 0 aromatic carbocycles. The highest BCUT2D eigenvalue weighted by molar-refractivity contribution is 5.97. The number of aromatic nitrogens is 2. The number of rotatable bonds is 1. The van der Waals surface area contributed by atoms with Crippen molar-refractivity contribution in [3.05, 3.63) is 29.6 Å². The maximum Gasteiger partial charge on any atom is 0.339 e. The van der Waals surface area contributed by atoms with Crippen LogP contribution < -0.4 is 0 Å². The minimum absolute atomic E-state index is 0.00574. The van der Waals surface area contributed by atoms with Crippen molar-refractivity contribution in [2.24, 2.45) is 0 Å². The lowest BCUT2D eigenvalue weighted by Gasteiger charge is -2.01. The molecule has 5 heteroatoms. The maximum atomic E-state index is 10.8. The van der Waals surface area contributed by atoms with E-state index in [0.717, 1.165) is 5.69 Å². The van der Waals surface area contributed by atoms with Crippen molar-refractivity contribution in [3.63, 3.8) is 0 Å². The third kappa shape index (κ3) is 1.02. The SMILES string of the molecule is Cc1ccc(O)c2c(C(=O)O)cnn12. The number of fused-ring (bicyclic) bond motifs is 1. The molecule has 0 saturated carbocycles. The van der Waals surface area contributed by atoms with Crippen LogP contribution in [0.5, 0.6) is 5.75 Å². The molecular formula is C9H8N2O3. The van der Waals surface area contributed by atoms with Crippen LogP contribution in [0.4, 0.5) is 0 Å². The van der Waals surface area contributed by atoms with E-state index in [9.17, 15) is 9.90 Å². The summed E-state index contributed by atoms with van der Waals surface area (Å²) in [7, 11) is 0. The molecule has 2 aromatic rings. The highest BCUT2D eigenvalue weighted by Gasteiger charge is 2.15. The molecule has 0 radical (unpaired) electrons. The fourth-order valence-corrected chi connectivity index (χ4v) is 1.37. The molecule has 0 bridgehead atoms. The molecular weight excluding hydrogens is 184 g/mol. The highest BCUT2D eigenvalue weighted by Crippen LogP contribution is 2.23. The van der Waals surface area contributed by atoms with Crippen molar-refractivity contribution >= 4 is 11.5 Å². The number of aromatic hydroxyl groups is 1. The first-order valence-electron chi connectivity index (χ1n) is 4.01. The Balaban J connectivity index is 2.90. The van der Waals surface area contributed by atoms with Crippen molar-refractivity contribution in [3.8, 4) is 5.75 Å². The van der Waals surface area contributed by atoms with Gasteiger partial charge in [0.15, 0.2) is 0 Å². The van der Waals surface area contributed by atoms with Crippen molar-refractivity contribution in [2.75, 3.05) is 0 Å². The maximum absolute atomic E-state index is 10.8. The molecule has 2 heterocycles. The zero-order chi connectivity index (χ0) is 10.3. The summed E-state index contributed by atoms with van der Waals surface area (Å²) < 4.78 is 1.40. The van der Waals surface area contributed by atoms with Gasteiger partial charge in [-0.05, 0) is 19.1 Å². The van der Waals surface area contributed by atoms with E-state index in [2.05, 4.69) is 5.10 Å². The molecule has 0 amide bonds. The molecule has 2 N–H and O–H groups in total. The van der Waals surface area contributed by atoms with Gasteiger partial charge in [-0.3, -0.25) is 0 Å². The third-order valence-electron chi connectivity index (χ3n) is 2.06. The topological polar surface area (TPSA) is 74.8 Å². The zero-order valence-electron chi connectivity index (χ0n) is 7.43. The zero-order valence-corrected chi connectivity index (χ0v) is 7.43. The monoisotopic (exact) mass is 192 g/mol. The summed E-state index contributed by atoms with van der Waals surface area (Å²) in [6.07, 6.45) is 1.23. The fourth-order valence-electron chi connectivity index (χ4n) is 1.37. The average molecular weight is 192 g/mol. The first-order valence-corrected chi connectivity index (χ1v) is 4.01. The number of hydrogen-bond acceptors (Lipinski definition) is 3. The highest BCUT2D eigenvalue weighted by atomic mass is 16.4. The van der Waals surface area contributed by atoms with Crippen molar-refractivity contribution in [2.45, 2.75) is 6.92 Å². The van der Waals surface area contributed by atoms with Crippen LogP contribution in [0.15, 0.2) is 18.3 Å². The summed E-state index contributed by atoms with van der Waals surface area (Å²) in [5.41, 5.74) is 1.01. The standard InChI is InChI=1S/C9H8N2O3/c1-5-2-3-7(12)8-6(9(13)14)4-10-11(5)8/h2-4,12H,1H3,(H,13,14). The lowest BCUT2D eigenvalue weighted by Crippen LogP contribution is -1.97. The summed E-state index contributed by atoms with van der Waals surface area (Å²) >= 11 is 0. The molecule has 0 atom stereocenters. The quantitative estimate of drug-likeness (QED) is 0.708. The number of carboxylic acids is 1. The summed E-state index contributed by atoms with van der Waals surface area (Å²) in [4.78, 5) is 10.8. The van der Waals surface area contributed by atoms with Crippen LogP contribution in [0.3, 0.4) is 0 Å². The molecule has 0 unspecified atom stereocenters. The smallest absolute Gasteiger partial charge is 0.339 e. The molecule has 0 aliphatic rings. The molecule has 0 fully saturated rings. The van der Waals surface area contributed by atoms with Gasteiger partial charge in [0.05, 0.1) is 6.20 Å². The molecule has 0 aliphatic carbocycles. The fraction of sp³-hybridized carbons (Fsp3) is 0.111. The molecule has 5 nitrogen and oxygen atoms in total. The number of carbonyl (C=O) groups is 1. The van der Waals surface area contributed by atoms with E-state index >= 15 is 0 Å². The van der Waals surface area contributed by atoms with Crippen LogP contribution in [0.2, 0.25) is 0 Å². The Morgan fingerprint density at radius 3 is 2.86 bits per heavy atom. The summed E-state index contributed by atoms with van der Waals surface area (Å²) in [6.45, 7) is 1.78. The summed E-state index contributed by atoms with van der Waals surface area (Å²) in [5.74, 6) is -1.17. The number of carboxylic acid groups (broad SMARTS) is 1. The van der Waals surface area contributed by atoms with Gasteiger partial charge in [0.2, 0.25) is 0 Å². The molecule has 2 aromatic heterocycles. The molecule has 14 heavy (non-hydrogen) atoms. The van der Waals surface area contributed by atoms with E-state index < -0.39 is 5.97 Å². The Morgan fingerprint density at radius 2 is 2.21 bits per heavy atom. The van der Waals surface area contributed by atoms with Gasteiger partial charge in [-0.2, -0.15) is 5.10 Å². The van der Waals surface area contributed by atoms with Crippen LogP contribution in [0, 0.1) is 6.92 Å². The molecule has 0 spiro atoms.